The molecule has 0 radical (unpaired) electrons. The maximum atomic E-state index is 12.4. The van der Waals surface area contributed by atoms with Crippen LogP contribution in [-0.4, -0.2) is 23.4 Å². The first kappa shape index (κ1) is 22.2. The molecule has 0 aliphatic heterocycles. The zero-order chi connectivity index (χ0) is 22.3. The average molecular weight is 403 g/mol. The van der Waals surface area contributed by atoms with E-state index in [0.29, 0.717) is 11.1 Å². The van der Waals surface area contributed by atoms with Gasteiger partial charge in [-0.3, -0.25) is 14.9 Å². The second kappa shape index (κ2) is 9.40. The first-order valence-corrected chi connectivity index (χ1v) is 9.05. The maximum absolute atomic E-state index is 12.4. The summed E-state index contributed by atoms with van der Waals surface area (Å²) in [4.78, 5) is 36.8. The van der Waals surface area contributed by atoms with Gasteiger partial charge in [-0.1, -0.05) is 18.1 Å². The molecule has 0 unspecified atom stereocenters. The van der Waals surface area contributed by atoms with Gasteiger partial charge < -0.3 is 10.1 Å². The Morgan fingerprint density at radius 3 is 2.40 bits per heavy atom. The lowest BCUT2D eigenvalue weighted by Crippen LogP contribution is -2.27. The molecule has 0 saturated heterocycles. The fraction of sp³-hybridized carbons (Fsp3) is 0.217. The molecular weight excluding hydrogens is 382 g/mol. The van der Waals surface area contributed by atoms with Crippen molar-refractivity contribution in [3.05, 3.63) is 59.2 Å². The Morgan fingerprint density at radius 2 is 1.77 bits per heavy atom. The number of Topliss-reactive ketones (excluding diaryl/α,β-unsaturated/α-hetero) is 1. The Hall–Kier alpha value is -4.10. The molecule has 152 valence electrons. The van der Waals surface area contributed by atoms with E-state index in [1.54, 1.807) is 39.0 Å². The normalized spacial score (nSPS) is 10.3. The van der Waals surface area contributed by atoms with Crippen LogP contribution in [-0.2, 0) is 9.53 Å². The van der Waals surface area contributed by atoms with Crippen molar-refractivity contribution < 1.29 is 19.1 Å². The molecule has 30 heavy (non-hydrogen) atoms. The minimum Gasteiger partial charge on any atom is -0.444 e. The highest BCUT2D eigenvalue weighted by Gasteiger charge is 2.19. The number of hydrogen-bond acceptors (Lipinski definition) is 5. The molecule has 7 nitrogen and oxygen atoms in total. The third-order valence-electron chi connectivity index (χ3n) is 3.73. The number of hydrogen-bond donors (Lipinski definition) is 2. The van der Waals surface area contributed by atoms with Crippen LogP contribution in [0.15, 0.2) is 42.5 Å². The predicted molar refractivity (Wildman–Crippen MR) is 113 cm³/mol. The SMILES string of the molecule is C#Cc1ccc(NC(=O)CC(=O)c2cccc(C#N)c2)c(NC(=O)OC(C)(C)C)c1. The lowest BCUT2D eigenvalue weighted by atomic mass is 10.1. The molecule has 7 heteroatoms. The van der Waals surface area contributed by atoms with Crippen LogP contribution >= 0.6 is 0 Å². The van der Waals surface area contributed by atoms with E-state index in [9.17, 15) is 14.4 Å². The van der Waals surface area contributed by atoms with Crippen LogP contribution in [0, 0.1) is 23.7 Å². The summed E-state index contributed by atoms with van der Waals surface area (Å²) < 4.78 is 5.22. The zero-order valence-electron chi connectivity index (χ0n) is 16.9. The second-order valence-corrected chi connectivity index (χ2v) is 7.37. The Balaban J connectivity index is 2.15. The molecule has 0 atom stereocenters. The average Bonchev–Trinajstić information content (AvgIpc) is 2.67. The van der Waals surface area contributed by atoms with Gasteiger partial charge in [-0.2, -0.15) is 5.26 Å². The molecule has 2 N–H and O–H groups in total. The smallest absolute Gasteiger partial charge is 0.412 e. The minimum absolute atomic E-state index is 0.243. The summed E-state index contributed by atoms with van der Waals surface area (Å²) in [6, 6.07) is 12.7. The lowest BCUT2D eigenvalue weighted by Gasteiger charge is -2.20. The number of ketones is 1. The molecule has 0 bridgehead atoms. The van der Waals surface area contributed by atoms with Crippen molar-refractivity contribution in [3.8, 4) is 18.4 Å². The highest BCUT2D eigenvalue weighted by Crippen LogP contribution is 2.24. The van der Waals surface area contributed by atoms with Crippen LogP contribution in [0.25, 0.3) is 0 Å². The van der Waals surface area contributed by atoms with Crippen molar-refractivity contribution in [2.75, 3.05) is 10.6 Å². The summed E-state index contributed by atoms with van der Waals surface area (Å²) >= 11 is 0. The quantitative estimate of drug-likeness (QED) is 0.444. The Kier molecular flexibility index (Phi) is 6.95. The van der Waals surface area contributed by atoms with Crippen molar-refractivity contribution in [3.63, 3.8) is 0 Å². The number of terminal acetylenes is 1. The number of carbonyl (C=O) groups is 3. The second-order valence-electron chi connectivity index (χ2n) is 7.37. The molecule has 2 aromatic rings. The standard InChI is InChI=1S/C23H21N3O4/c1-5-15-9-10-18(19(12-15)26-22(29)30-23(2,3)4)25-21(28)13-20(27)17-8-6-7-16(11-17)14-24/h1,6-12H,13H2,2-4H3,(H,25,28)(H,26,29). The molecule has 0 heterocycles. The van der Waals surface area contributed by atoms with Crippen molar-refractivity contribution in [1.29, 1.82) is 5.26 Å². The molecule has 0 spiro atoms. The highest BCUT2D eigenvalue weighted by atomic mass is 16.6. The van der Waals surface area contributed by atoms with Crippen molar-refractivity contribution in [2.45, 2.75) is 32.8 Å². The van der Waals surface area contributed by atoms with Gasteiger partial charge in [0.2, 0.25) is 5.91 Å². The highest BCUT2D eigenvalue weighted by molar-refractivity contribution is 6.12. The van der Waals surface area contributed by atoms with Gasteiger partial charge in [0.1, 0.15) is 5.60 Å². The number of carbonyl (C=O) groups excluding carboxylic acids is 3. The Labute approximate surface area is 175 Å². The number of amides is 2. The van der Waals surface area contributed by atoms with Crippen LogP contribution < -0.4 is 10.6 Å². The van der Waals surface area contributed by atoms with Gasteiger partial charge in [-0.05, 0) is 51.1 Å². The van der Waals surface area contributed by atoms with Crippen molar-refractivity contribution >= 4 is 29.2 Å². The van der Waals surface area contributed by atoms with Crippen LogP contribution in [0.2, 0.25) is 0 Å². The number of anilines is 2. The molecule has 0 saturated carbocycles. The fourth-order valence-corrected chi connectivity index (χ4v) is 2.46. The van der Waals surface area contributed by atoms with Crippen LogP contribution in [0.4, 0.5) is 16.2 Å². The monoisotopic (exact) mass is 403 g/mol. The Morgan fingerprint density at radius 1 is 1.03 bits per heavy atom. The van der Waals surface area contributed by atoms with Crippen LogP contribution in [0.3, 0.4) is 0 Å². The van der Waals surface area contributed by atoms with E-state index in [4.69, 9.17) is 16.4 Å². The van der Waals surface area contributed by atoms with E-state index in [-0.39, 0.29) is 16.9 Å². The summed E-state index contributed by atoms with van der Waals surface area (Å²) in [5.41, 5.74) is 0.884. The molecule has 0 aliphatic carbocycles. The zero-order valence-corrected chi connectivity index (χ0v) is 16.9. The maximum Gasteiger partial charge on any atom is 0.412 e. The Bertz CT molecular complexity index is 1070. The molecule has 0 fully saturated rings. The van der Waals surface area contributed by atoms with Gasteiger partial charge in [-0.25, -0.2) is 4.79 Å². The van der Waals surface area contributed by atoms with E-state index in [0.717, 1.165) is 0 Å². The molecular formula is C23H21N3O4. The van der Waals surface area contributed by atoms with Crippen LogP contribution in [0.5, 0.6) is 0 Å². The topological polar surface area (TPSA) is 108 Å². The molecule has 2 aromatic carbocycles. The largest absolute Gasteiger partial charge is 0.444 e. The number of rotatable bonds is 5. The molecule has 0 aromatic heterocycles. The number of nitriles is 1. The first-order chi connectivity index (χ1) is 14.1. The molecule has 2 rings (SSSR count). The van der Waals surface area contributed by atoms with Gasteiger partial charge in [0.25, 0.3) is 0 Å². The van der Waals surface area contributed by atoms with Crippen molar-refractivity contribution in [1.82, 2.24) is 0 Å². The van der Waals surface area contributed by atoms with E-state index in [1.807, 2.05) is 6.07 Å². The van der Waals surface area contributed by atoms with Crippen LogP contribution in [0.1, 0.15) is 48.7 Å². The van der Waals surface area contributed by atoms with E-state index in [2.05, 4.69) is 16.6 Å². The fourth-order valence-electron chi connectivity index (χ4n) is 2.46. The predicted octanol–water partition coefficient (Wildman–Crippen LogP) is 4.10. The lowest BCUT2D eigenvalue weighted by molar-refractivity contribution is -0.115. The van der Waals surface area contributed by atoms with Crippen molar-refractivity contribution in [2.24, 2.45) is 0 Å². The van der Waals surface area contributed by atoms with Gasteiger partial charge in [0.15, 0.2) is 5.78 Å². The summed E-state index contributed by atoms with van der Waals surface area (Å²) in [6.45, 7) is 5.17. The van der Waals surface area contributed by atoms with E-state index in [1.165, 1.54) is 24.3 Å². The summed E-state index contributed by atoms with van der Waals surface area (Å²) in [5.74, 6) is 1.43. The van der Waals surface area contributed by atoms with E-state index < -0.39 is 29.8 Å². The summed E-state index contributed by atoms with van der Waals surface area (Å²) in [5, 5.41) is 14.1. The van der Waals surface area contributed by atoms with Gasteiger partial charge in [0.05, 0.1) is 29.4 Å². The minimum atomic E-state index is -0.712. The number of nitrogens with zero attached hydrogens (tertiary/aromatic N) is 1. The molecule has 2 amide bonds. The summed E-state index contributed by atoms with van der Waals surface area (Å²) in [6.07, 6.45) is 4.26. The van der Waals surface area contributed by atoms with Gasteiger partial charge in [-0.15, -0.1) is 6.42 Å². The van der Waals surface area contributed by atoms with Gasteiger partial charge >= 0.3 is 6.09 Å². The van der Waals surface area contributed by atoms with Gasteiger partial charge in [0, 0.05) is 11.1 Å². The first-order valence-electron chi connectivity index (χ1n) is 9.05. The molecule has 0 aliphatic rings. The third-order valence-corrected chi connectivity index (χ3v) is 3.73. The number of benzene rings is 2. The number of ether oxygens (including phenoxy) is 1. The number of nitrogens with one attached hydrogen (secondary N) is 2. The summed E-state index contributed by atoms with van der Waals surface area (Å²) in [7, 11) is 0. The third kappa shape index (κ3) is 6.50. The van der Waals surface area contributed by atoms with E-state index >= 15 is 0 Å².